The fourth-order valence-corrected chi connectivity index (χ4v) is 4.92. The van der Waals surface area contributed by atoms with Crippen molar-refractivity contribution in [3.63, 3.8) is 0 Å². The van der Waals surface area contributed by atoms with Crippen molar-refractivity contribution in [2.45, 2.75) is 51.9 Å². The second-order valence-corrected chi connectivity index (χ2v) is 9.22. The zero-order chi connectivity index (χ0) is 22.4. The number of nitrogens with one attached hydrogen (secondary N) is 1. The first-order valence-electron chi connectivity index (χ1n) is 10.9. The predicted molar refractivity (Wildman–Crippen MR) is 129 cm³/mol. The van der Waals surface area contributed by atoms with Crippen molar-refractivity contribution in [2.75, 3.05) is 0 Å². The number of nitrogens with zero attached hydrogens (tertiary/aromatic N) is 1. The molecule has 4 rings (SSSR count). The summed E-state index contributed by atoms with van der Waals surface area (Å²) in [6.45, 7) is 9.94. The van der Waals surface area contributed by atoms with E-state index in [4.69, 9.17) is 19.0 Å². The Morgan fingerprint density at radius 1 is 1.26 bits per heavy atom. The molecular weight excluding hydrogens is 384 g/mol. The summed E-state index contributed by atoms with van der Waals surface area (Å²) in [5, 5.41) is 9.50. The van der Waals surface area contributed by atoms with E-state index in [2.05, 4.69) is 37.1 Å². The molecule has 2 radical (unpaired) electrons. The molecule has 3 nitrogen and oxygen atoms in total. The highest BCUT2D eigenvalue weighted by atomic mass is 19.1. The minimum absolute atomic E-state index is 0.197. The summed E-state index contributed by atoms with van der Waals surface area (Å²) in [6, 6.07) is 11.3. The van der Waals surface area contributed by atoms with Gasteiger partial charge in [-0.3, -0.25) is 0 Å². The van der Waals surface area contributed by atoms with Crippen LogP contribution in [0.3, 0.4) is 0 Å². The van der Waals surface area contributed by atoms with Gasteiger partial charge in [-0.25, -0.2) is 4.39 Å². The van der Waals surface area contributed by atoms with Crippen LogP contribution in [0, 0.1) is 24.1 Å². The van der Waals surface area contributed by atoms with E-state index in [9.17, 15) is 4.39 Å². The molecule has 0 bridgehead atoms. The van der Waals surface area contributed by atoms with Crippen LogP contribution in [0.15, 0.2) is 48.7 Å². The molecular formula is C26H29BFN3. The van der Waals surface area contributed by atoms with Crippen LogP contribution in [0.25, 0.3) is 16.6 Å². The lowest BCUT2D eigenvalue weighted by Crippen LogP contribution is -2.30. The third-order valence-corrected chi connectivity index (χ3v) is 6.47. The van der Waals surface area contributed by atoms with Gasteiger partial charge in [0.1, 0.15) is 13.7 Å². The molecule has 31 heavy (non-hydrogen) atoms. The van der Waals surface area contributed by atoms with E-state index in [-0.39, 0.29) is 17.7 Å². The topological polar surface area (TPSA) is 54.8 Å². The predicted octanol–water partition coefficient (Wildman–Crippen LogP) is 5.37. The van der Waals surface area contributed by atoms with E-state index in [1.165, 1.54) is 17.3 Å². The van der Waals surface area contributed by atoms with Gasteiger partial charge in [-0.15, -0.1) is 0 Å². The van der Waals surface area contributed by atoms with Crippen molar-refractivity contribution in [1.82, 2.24) is 4.57 Å². The smallest absolute Gasteiger partial charge is 0.126 e. The molecule has 3 N–H and O–H groups in total. The number of aryl methyl sites for hydroxylation is 1. The molecule has 158 valence electrons. The first kappa shape index (κ1) is 21.4. The average molecular weight is 413 g/mol. The highest BCUT2D eigenvalue weighted by Gasteiger charge is 2.37. The van der Waals surface area contributed by atoms with Gasteiger partial charge in [0.05, 0.1) is 5.52 Å². The van der Waals surface area contributed by atoms with E-state index in [1.54, 1.807) is 6.92 Å². The van der Waals surface area contributed by atoms with Gasteiger partial charge in [-0.05, 0) is 72.9 Å². The van der Waals surface area contributed by atoms with Crippen molar-refractivity contribution in [3.05, 3.63) is 71.3 Å². The summed E-state index contributed by atoms with van der Waals surface area (Å²) in [4.78, 5) is 0. The second kappa shape index (κ2) is 8.03. The number of fused-ring (bicyclic) bond motifs is 1. The zero-order valence-electron chi connectivity index (χ0n) is 18.5. The Balaban J connectivity index is 1.85. The maximum absolute atomic E-state index is 14.0. The molecule has 0 unspecified atom stereocenters. The fraction of sp³-hybridized carbons (Fsp3) is 0.346. The number of benzene rings is 2. The number of hydrogen-bond donors (Lipinski definition) is 2. The number of hydrogen-bond acceptors (Lipinski definition) is 2. The monoisotopic (exact) mass is 413 g/mol. The SMILES string of the molecule is [B]c1ccc2c(c1)c(C1CC(C(=N)CC(=C)N)C1)c(C(C)C)n2-c1ccc(F)c(C)c1. The standard InChI is InChI=1S/C26H29BFN3/c1-14(2)26-25(18-11-17(12-18)23(30)10-16(4)29)21-13-19(27)5-8-24(21)31(26)20-6-7-22(28)15(3)9-20/h5-9,13-14,17-18,30H,4,10-12,29H2,1-3H3. The molecule has 0 atom stereocenters. The summed E-state index contributed by atoms with van der Waals surface area (Å²) in [5.41, 5.74) is 12.9. The first-order chi connectivity index (χ1) is 14.7. The normalized spacial score (nSPS) is 18.4. The molecule has 0 spiro atoms. The molecule has 0 aliphatic heterocycles. The van der Waals surface area contributed by atoms with Gasteiger partial charge < -0.3 is 15.7 Å². The highest BCUT2D eigenvalue weighted by molar-refractivity contribution is 6.33. The van der Waals surface area contributed by atoms with Crippen LogP contribution >= 0.6 is 0 Å². The van der Waals surface area contributed by atoms with Crippen LogP contribution in [0.2, 0.25) is 0 Å². The number of halogens is 1. The Morgan fingerprint density at radius 2 is 1.97 bits per heavy atom. The van der Waals surface area contributed by atoms with E-state index in [0.29, 0.717) is 29.3 Å². The molecule has 3 aromatic rings. The van der Waals surface area contributed by atoms with Crippen molar-refractivity contribution in [1.29, 1.82) is 5.41 Å². The Hall–Kier alpha value is -2.82. The summed E-state index contributed by atoms with van der Waals surface area (Å²) < 4.78 is 16.3. The molecule has 2 aromatic carbocycles. The Bertz CT molecular complexity index is 1190. The van der Waals surface area contributed by atoms with Gasteiger partial charge in [0.25, 0.3) is 0 Å². The van der Waals surface area contributed by atoms with E-state index >= 15 is 0 Å². The molecule has 0 saturated heterocycles. The molecule has 1 aliphatic rings. The number of aromatic nitrogens is 1. The van der Waals surface area contributed by atoms with E-state index in [0.717, 1.165) is 34.9 Å². The van der Waals surface area contributed by atoms with Crippen LogP contribution in [0.5, 0.6) is 0 Å². The van der Waals surface area contributed by atoms with Crippen molar-refractivity contribution in [3.8, 4) is 5.69 Å². The molecule has 1 heterocycles. The number of allylic oxidation sites excluding steroid dienone is 1. The maximum Gasteiger partial charge on any atom is 0.126 e. The van der Waals surface area contributed by atoms with Gasteiger partial charge in [0.15, 0.2) is 0 Å². The largest absolute Gasteiger partial charge is 0.402 e. The third kappa shape index (κ3) is 3.82. The molecule has 0 amide bonds. The summed E-state index contributed by atoms with van der Waals surface area (Å²) in [5.74, 6) is 0.688. The zero-order valence-corrected chi connectivity index (χ0v) is 18.5. The third-order valence-electron chi connectivity index (χ3n) is 6.47. The fourth-order valence-electron chi connectivity index (χ4n) is 4.92. The van der Waals surface area contributed by atoms with Crippen LogP contribution < -0.4 is 11.2 Å². The lowest BCUT2D eigenvalue weighted by atomic mass is 9.67. The first-order valence-corrected chi connectivity index (χ1v) is 10.9. The second-order valence-electron chi connectivity index (χ2n) is 9.22. The van der Waals surface area contributed by atoms with Crippen LogP contribution in [-0.2, 0) is 0 Å². The molecule has 1 fully saturated rings. The van der Waals surface area contributed by atoms with Gasteiger partial charge in [0.2, 0.25) is 0 Å². The summed E-state index contributed by atoms with van der Waals surface area (Å²) in [6.07, 6.45) is 2.34. The number of rotatable bonds is 6. The Labute approximate surface area is 185 Å². The van der Waals surface area contributed by atoms with Gasteiger partial charge in [0, 0.05) is 34.6 Å². The minimum atomic E-state index is -0.197. The summed E-state index contributed by atoms with van der Waals surface area (Å²) >= 11 is 0. The lowest BCUT2D eigenvalue weighted by molar-refractivity contribution is 0.339. The van der Waals surface area contributed by atoms with Crippen LogP contribution in [-0.4, -0.2) is 18.1 Å². The van der Waals surface area contributed by atoms with Gasteiger partial charge in [-0.1, -0.05) is 38.0 Å². The average Bonchev–Trinajstić information content (AvgIpc) is 2.96. The Kier molecular flexibility index (Phi) is 5.55. The van der Waals surface area contributed by atoms with Crippen molar-refractivity contribution >= 4 is 29.9 Å². The maximum atomic E-state index is 14.0. The summed E-state index contributed by atoms with van der Waals surface area (Å²) in [7, 11) is 6.18. The molecule has 1 aromatic heterocycles. The van der Waals surface area contributed by atoms with Gasteiger partial charge in [-0.2, -0.15) is 0 Å². The highest BCUT2D eigenvalue weighted by Crippen LogP contribution is 2.49. The van der Waals surface area contributed by atoms with E-state index < -0.39 is 0 Å². The molecule has 5 heteroatoms. The molecule has 1 aliphatic carbocycles. The van der Waals surface area contributed by atoms with Gasteiger partial charge >= 0.3 is 0 Å². The number of nitrogens with two attached hydrogens (primary N) is 1. The Morgan fingerprint density at radius 3 is 2.58 bits per heavy atom. The van der Waals surface area contributed by atoms with Crippen molar-refractivity contribution < 1.29 is 4.39 Å². The quantitative estimate of drug-likeness (QED) is 0.414. The lowest BCUT2D eigenvalue weighted by Gasteiger charge is -2.37. The minimum Gasteiger partial charge on any atom is -0.402 e. The van der Waals surface area contributed by atoms with E-state index in [1.807, 2.05) is 18.2 Å². The molecule has 1 saturated carbocycles. The van der Waals surface area contributed by atoms with Crippen LogP contribution in [0.1, 0.15) is 61.8 Å². The van der Waals surface area contributed by atoms with Crippen LogP contribution in [0.4, 0.5) is 4.39 Å². The van der Waals surface area contributed by atoms with Crippen molar-refractivity contribution in [2.24, 2.45) is 11.7 Å².